The van der Waals surface area contributed by atoms with E-state index in [-0.39, 0.29) is 11.8 Å². The highest BCUT2D eigenvalue weighted by Crippen LogP contribution is 2.38. The zero-order chi connectivity index (χ0) is 17.8. The number of anilines is 1. The third-order valence-electron chi connectivity index (χ3n) is 4.07. The molecule has 2 aromatic carbocycles. The fraction of sp³-hybridized carbons (Fsp3) is 0.316. The lowest BCUT2D eigenvalue weighted by Crippen LogP contribution is -2.17. The summed E-state index contributed by atoms with van der Waals surface area (Å²) in [5, 5.41) is 3.27. The number of hydrogen-bond acceptors (Lipinski definition) is 4. The first kappa shape index (κ1) is 17.4. The molecular formula is C19H20ClNO4. The van der Waals surface area contributed by atoms with Crippen LogP contribution in [0.3, 0.4) is 0 Å². The van der Waals surface area contributed by atoms with Gasteiger partial charge in [0.05, 0.1) is 17.8 Å². The molecule has 0 fully saturated rings. The van der Waals surface area contributed by atoms with Gasteiger partial charge in [0.2, 0.25) is 5.91 Å². The molecule has 0 bridgehead atoms. The Morgan fingerprint density at radius 2 is 1.92 bits per heavy atom. The molecule has 0 radical (unpaired) electrons. The van der Waals surface area contributed by atoms with E-state index in [1.54, 1.807) is 19.2 Å². The molecule has 6 heteroatoms. The van der Waals surface area contributed by atoms with Crippen molar-refractivity contribution >= 4 is 23.2 Å². The Bertz CT molecular complexity index is 778. The van der Waals surface area contributed by atoms with Gasteiger partial charge in [0.1, 0.15) is 19.0 Å². The fourth-order valence-electron chi connectivity index (χ4n) is 2.82. The summed E-state index contributed by atoms with van der Waals surface area (Å²) in [4.78, 5) is 12.4. The number of halogens is 1. The second-order valence-corrected chi connectivity index (χ2v) is 6.28. The highest BCUT2D eigenvalue weighted by atomic mass is 35.5. The highest BCUT2D eigenvalue weighted by molar-refractivity contribution is 6.34. The molecule has 25 heavy (non-hydrogen) atoms. The Kier molecular flexibility index (Phi) is 5.34. The van der Waals surface area contributed by atoms with E-state index in [0.717, 1.165) is 11.3 Å². The van der Waals surface area contributed by atoms with Crippen LogP contribution in [0.1, 0.15) is 24.8 Å². The molecule has 5 nitrogen and oxygen atoms in total. The van der Waals surface area contributed by atoms with Crippen molar-refractivity contribution in [2.24, 2.45) is 0 Å². The molecule has 1 N–H and O–H groups in total. The van der Waals surface area contributed by atoms with Gasteiger partial charge in [-0.1, -0.05) is 36.7 Å². The van der Waals surface area contributed by atoms with E-state index in [2.05, 4.69) is 5.32 Å². The van der Waals surface area contributed by atoms with Crippen molar-refractivity contribution in [2.45, 2.75) is 19.3 Å². The Morgan fingerprint density at radius 1 is 1.24 bits per heavy atom. The number of amides is 1. The topological polar surface area (TPSA) is 56.8 Å². The average Bonchev–Trinajstić information content (AvgIpc) is 2.62. The lowest BCUT2D eigenvalue weighted by molar-refractivity contribution is -0.116. The van der Waals surface area contributed by atoms with Crippen molar-refractivity contribution in [3.8, 4) is 17.2 Å². The quantitative estimate of drug-likeness (QED) is 0.864. The maximum absolute atomic E-state index is 12.4. The van der Waals surface area contributed by atoms with E-state index in [0.29, 0.717) is 41.8 Å². The Balaban J connectivity index is 1.70. The van der Waals surface area contributed by atoms with E-state index in [9.17, 15) is 4.79 Å². The summed E-state index contributed by atoms with van der Waals surface area (Å²) in [6.45, 7) is 2.96. The predicted octanol–water partition coefficient (Wildman–Crippen LogP) is 4.25. The fourth-order valence-corrected chi connectivity index (χ4v) is 3.02. The first-order valence-electron chi connectivity index (χ1n) is 8.10. The molecule has 1 aliphatic heterocycles. The summed E-state index contributed by atoms with van der Waals surface area (Å²) in [7, 11) is 1.63. The third-order valence-corrected chi connectivity index (χ3v) is 4.38. The van der Waals surface area contributed by atoms with Gasteiger partial charge >= 0.3 is 0 Å². The summed E-state index contributed by atoms with van der Waals surface area (Å²) >= 11 is 6.24. The van der Waals surface area contributed by atoms with Gasteiger partial charge in [-0.3, -0.25) is 4.79 Å². The van der Waals surface area contributed by atoms with Crippen molar-refractivity contribution in [1.82, 2.24) is 0 Å². The molecule has 1 unspecified atom stereocenters. The molecule has 1 amide bonds. The van der Waals surface area contributed by atoms with E-state index >= 15 is 0 Å². The number of ether oxygens (including phenoxy) is 3. The largest absolute Gasteiger partial charge is 0.496 e. The van der Waals surface area contributed by atoms with Gasteiger partial charge in [-0.05, 0) is 17.5 Å². The molecule has 2 aromatic rings. The molecule has 0 spiro atoms. The summed E-state index contributed by atoms with van der Waals surface area (Å²) in [5.41, 5.74) is 1.51. The summed E-state index contributed by atoms with van der Waals surface area (Å²) in [5.74, 6) is 1.84. The number of methoxy groups -OCH3 is 1. The minimum absolute atomic E-state index is 0.00661. The number of fused-ring (bicyclic) bond motifs is 1. The van der Waals surface area contributed by atoms with Crippen molar-refractivity contribution < 1.29 is 19.0 Å². The van der Waals surface area contributed by atoms with Crippen LogP contribution in [0, 0.1) is 0 Å². The molecule has 3 rings (SSSR count). The van der Waals surface area contributed by atoms with E-state index in [4.69, 9.17) is 25.8 Å². The minimum atomic E-state index is -0.128. The van der Waals surface area contributed by atoms with Gasteiger partial charge in [0, 0.05) is 18.6 Å². The highest BCUT2D eigenvalue weighted by Gasteiger charge is 2.19. The summed E-state index contributed by atoms with van der Waals surface area (Å²) in [6, 6.07) is 11.1. The Labute approximate surface area is 151 Å². The van der Waals surface area contributed by atoms with Crippen LogP contribution >= 0.6 is 11.6 Å². The van der Waals surface area contributed by atoms with Crippen LogP contribution in [0.2, 0.25) is 5.02 Å². The molecule has 0 saturated carbocycles. The number of carbonyl (C=O) groups excluding carboxylic acids is 1. The molecule has 1 atom stereocenters. The van der Waals surface area contributed by atoms with Crippen molar-refractivity contribution in [3.63, 3.8) is 0 Å². The minimum Gasteiger partial charge on any atom is -0.496 e. The number of benzene rings is 2. The van der Waals surface area contributed by atoms with Gasteiger partial charge < -0.3 is 19.5 Å². The van der Waals surface area contributed by atoms with Crippen LogP contribution in [0.25, 0.3) is 0 Å². The molecule has 1 aliphatic rings. The maximum atomic E-state index is 12.4. The number of hydrogen-bond donors (Lipinski definition) is 1. The van der Waals surface area contributed by atoms with Gasteiger partial charge in [-0.15, -0.1) is 0 Å². The van der Waals surface area contributed by atoms with Gasteiger partial charge in [-0.2, -0.15) is 0 Å². The van der Waals surface area contributed by atoms with Crippen LogP contribution < -0.4 is 19.5 Å². The monoisotopic (exact) mass is 361 g/mol. The predicted molar refractivity (Wildman–Crippen MR) is 97.1 cm³/mol. The second kappa shape index (κ2) is 7.66. The zero-order valence-corrected chi connectivity index (χ0v) is 14.9. The Morgan fingerprint density at radius 3 is 2.64 bits per heavy atom. The van der Waals surface area contributed by atoms with Gasteiger partial charge in [0.15, 0.2) is 11.5 Å². The number of carbonyl (C=O) groups is 1. The second-order valence-electron chi connectivity index (χ2n) is 5.87. The normalized spacial score (nSPS) is 13.9. The van der Waals surface area contributed by atoms with Crippen LogP contribution in [-0.2, 0) is 4.79 Å². The summed E-state index contributed by atoms with van der Waals surface area (Å²) < 4.78 is 16.4. The standard InChI is InChI=1S/C19H20ClNO4/c1-12(13-5-3-4-6-16(13)23-2)9-19(22)21-15-11-18-17(10-14(15)20)24-7-8-25-18/h3-6,10-12H,7-9H2,1-2H3,(H,21,22). The van der Waals surface area contributed by atoms with Crippen LogP contribution in [0.5, 0.6) is 17.2 Å². The number of rotatable bonds is 5. The lowest BCUT2D eigenvalue weighted by atomic mass is 9.96. The van der Waals surface area contributed by atoms with Crippen molar-refractivity contribution in [1.29, 1.82) is 0 Å². The molecule has 132 valence electrons. The van der Waals surface area contributed by atoms with Crippen LogP contribution in [0.15, 0.2) is 36.4 Å². The van der Waals surface area contributed by atoms with E-state index in [1.807, 2.05) is 31.2 Å². The van der Waals surface area contributed by atoms with E-state index < -0.39 is 0 Å². The number of para-hydroxylation sites is 1. The average molecular weight is 362 g/mol. The van der Waals surface area contributed by atoms with E-state index in [1.165, 1.54) is 0 Å². The zero-order valence-electron chi connectivity index (χ0n) is 14.2. The first-order valence-corrected chi connectivity index (χ1v) is 8.48. The maximum Gasteiger partial charge on any atom is 0.225 e. The molecular weight excluding hydrogens is 342 g/mol. The smallest absolute Gasteiger partial charge is 0.225 e. The number of nitrogens with one attached hydrogen (secondary N) is 1. The van der Waals surface area contributed by atoms with Crippen molar-refractivity contribution in [3.05, 3.63) is 47.0 Å². The van der Waals surface area contributed by atoms with Crippen molar-refractivity contribution in [2.75, 3.05) is 25.6 Å². The van der Waals surface area contributed by atoms with Gasteiger partial charge in [0.25, 0.3) is 0 Å². The lowest BCUT2D eigenvalue weighted by Gasteiger charge is -2.20. The molecule has 0 aromatic heterocycles. The molecule has 1 heterocycles. The first-order chi connectivity index (χ1) is 12.1. The van der Waals surface area contributed by atoms with Crippen LogP contribution in [-0.4, -0.2) is 26.2 Å². The molecule has 0 aliphatic carbocycles. The molecule has 0 saturated heterocycles. The SMILES string of the molecule is COc1ccccc1C(C)CC(=O)Nc1cc2c(cc1Cl)OCCO2. The van der Waals surface area contributed by atoms with Gasteiger partial charge in [-0.25, -0.2) is 0 Å². The third kappa shape index (κ3) is 3.99. The Hall–Kier alpha value is -2.40. The summed E-state index contributed by atoms with van der Waals surface area (Å²) in [6.07, 6.45) is 0.311. The van der Waals surface area contributed by atoms with Crippen LogP contribution in [0.4, 0.5) is 5.69 Å².